The average molecular weight is 313 g/mol. The minimum absolute atomic E-state index is 0.0474. The number of piperazine rings is 1. The summed E-state index contributed by atoms with van der Waals surface area (Å²) >= 11 is 6.06. The first kappa shape index (κ1) is 15.8. The highest BCUT2D eigenvalue weighted by atomic mass is 35.5. The summed E-state index contributed by atoms with van der Waals surface area (Å²) in [6.07, 6.45) is 0. The van der Waals surface area contributed by atoms with Crippen LogP contribution >= 0.6 is 11.6 Å². The summed E-state index contributed by atoms with van der Waals surface area (Å²) in [6, 6.07) is 2.85. The van der Waals surface area contributed by atoms with E-state index in [9.17, 15) is 14.0 Å². The lowest BCUT2D eigenvalue weighted by molar-refractivity contribution is -0.151. The molecule has 0 aliphatic carbocycles. The highest BCUT2D eigenvalue weighted by Gasteiger charge is 2.40. The van der Waals surface area contributed by atoms with Crippen molar-refractivity contribution in [2.75, 3.05) is 0 Å². The molecule has 0 bridgehead atoms. The number of hydrogen-bond acceptors (Lipinski definition) is 2. The molecule has 1 aliphatic heterocycles. The minimum atomic E-state index is -0.583. The fourth-order valence-corrected chi connectivity index (χ4v) is 2.75. The normalized spacial score (nSPS) is 22.7. The standard InChI is InChI=1S/C15H18ClFN2O2/c1-8(2)13-14(20)18-9(3)15(21)19(13)7-10-6-11(17)4-5-12(10)16/h4-6,8-9,13H,7H2,1-3H3,(H,18,20). The first-order valence-corrected chi connectivity index (χ1v) is 7.24. The van der Waals surface area contributed by atoms with Crippen molar-refractivity contribution in [3.05, 3.63) is 34.6 Å². The topological polar surface area (TPSA) is 49.4 Å². The van der Waals surface area contributed by atoms with E-state index in [0.717, 1.165) is 0 Å². The van der Waals surface area contributed by atoms with Crippen molar-refractivity contribution in [1.82, 2.24) is 10.2 Å². The quantitative estimate of drug-likeness (QED) is 0.931. The zero-order valence-electron chi connectivity index (χ0n) is 12.2. The summed E-state index contributed by atoms with van der Waals surface area (Å²) in [5.41, 5.74) is 0.498. The maximum Gasteiger partial charge on any atom is 0.245 e. The van der Waals surface area contributed by atoms with E-state index in [-0.39, 0.29) is 24.3 Å². The number of nitrogens with one attached hydrogen (secondary N) is 1. The van der Waals surface area contributed by atoms with Crippen LogP contribution in [0.3, 0.4) is 0 Å². The van der Waals surface area contributed by atoms with Gasteiger partial charge in [0, 0.05) is 11.6 Å². The molecule has 2 unspecified atom stereocenters. The minimum Gasteiger partial charge on any atom is -0.343 e. The summed E-state index contributed by atoms with van der Waals surface area (Å²) < 4.78 is 13.4. The van der Waals surface area contributed by atoms with Gasteiger partial charge >= 0.3 is 0 Å². The number of benzene rings is 1. The molecule has 6 heteroatoms. The molecule has 0 radical (unpaired) electrons. The van der Waals surface area contributed by atoms with Gasteiger partial charge in [-0.1, -0.05) is 25.4 Å². The van der Waals surface area contributed by atoms with Crippen LogP contribution < -0.4 is 5.32 Å². The van der Waals surface area contributed by atoms with Gasteiger partial charge in [0.25, 0.3) is 0 Å². The van der Waals surface area contributed by atoms with Crippen LogP contribution in [-0.2, 0) is 16.1 Å². The van der Waals surface area contributed by atoms with E-state index in [1.165, 1.54) is 23.1 Å². The molecule has 114 valence electrons. The SMILES string of the molecule is CC1NC(=O)C(C(C)C)N(Cc2cc(F)ccc2Cl)C1=O. The number of halogens is 2. The predicted molar refractivity (Wildman–Crippen MR) is 78.2 cm³/mol. The van der Waals surface area contributed by atoms with E-state index in [1.54, 1.807) is 6.92 Å². The average Bonchev–Trinajstić information content (AvgIpc) is 2.39. The van der Waals surface area contributed by atoms with E-state index < -0.39 is 17.9 Å². The summed E-state index contributed by atoms with van der Waals surface area (Å²) in [7, 11) is 0. The van der Waals surface area contributed by atoms with Crippen molar-refractivity contribution in [3.8, 4) is 0 Å². The Hall–Kier alpha value is -1.62. The Balaban J connectivity index is 2.35. The van der Waals surface area contributed by atoms with Gasteiger partial charge in [-0.05, 0) is 36.6 Å². The fourth-order valence-electron chi connectivity index (χ4n) is 2.57. The van der Waals surface area contributed by atoms with E-state index in [1.807, 2.05) is 13.8 Å². The van der Waals surface area contributed by atoms with Gasteiger partial charge in [0.15, 0.2) is 0 Å². The molecular weight excluding hydrogens is 295 g/mol. The van der Waals surface area contributed by atoms with Crippen LogP contribution in [0.1, 0.15) is 26.3 Å². The monoisotopic (exact) mass is 312 g/mol. The Morgan fingerprint density at radius 2 is 2.05 bits per heavy atom. The molecule has 1 saturated heterocycles. The van der Waals surface area contributed by atoms with Gasteiger partial charge in [-0.25, -0.2) is 4.39 Å². The van der Waals surface area contributed by atoms with Gasteiger partial charge in [-0.3, -0.25) is 9.59 Å². The van der Waals surface area contributed by atoms with E-state index >= 15 is 0 Å². The second-order valence-electron chi connectivity index (χ2n) is 5.62. The van der Waals surface area contributed by atoms with Crippen molar-refractivity contribution < 1.29 is 14.0 Å². The summed E-state index contributed by atoms with van der Waals surface area (Å²) in [4.78, 5) is 26.0. The summed E-state index contributed by atoms with van der Waals surface area (Å²) in [5, 5.41) is 3.04. The number of carbonyl (C=O) groups is 2. The van der Waals surface area contributed by atoms with Crippen LogP contribution in [0.2, 0.25) is 5.02 Å². The number of nitrogens with zero attached hydrogens (tertiary/aromatic N) is 1. The molecule has 0 aromatic heterocycles. The molecule has 2 amide bonds. The number of carbonyl (C=O) groups excluding carboxylic acids is 2. The first-order valence-electron chi connectivity index (χ1n) is 6.86. The van der Waals surface area contributed by atoms with Crippen LogP contribution in [0.4, 0.5) is 4.39 Å². The van der Waals surface area contributed by atoms with Crippen molar-refractivity contribution in [2.24, 2.45) is 5.92 Å². The van der Waals surface area contributed by atoms with Crippen molar-refractivity contribution in [3.63, 3.8) is 0 Å². The maximum atomic E-state index is 13.4. The molecule has 0 spiro atoms. The molecule has 2 atom stereocenters. The van der Waals surface area contributed by atoms with Gasteiger partial charge in [0.05, 0.1) is 0 Å². The Kier molecular flexibility index (Phi) is 4.52. The zero-order chi connectivity index (χ0) is 15.7. The fraction of sp³-hybridized carbons (Fsp3) is 0.467. The van der Waals surface area contributed by atoms with Gasteiger partial charge < -0.3 is 10.2 Å². The number of amides is 2. The predicted octanol–water partition coefficient (Wildman–Crippen LogP) is 2.35. The molecule has 21 heavy (non-hydrogen) atoms. The number of hydrogen-bond donors (Lipinski definition) is 1. The van der Waals surface area contributed by atoms with E-state index in [0.29, 0.717) is 10.6 Å². The van der Waals surface area contributed by atoms with Crippen molar-refractivity contribution in [2.45, 2.75) is 39.4 Å². The highest BCUT2D eigenvalue weighted by Crippen LogP contribution is 2.24. The molecule has 1 heterocycles. The van der Waals surface area contributed by atoms with Crippen LogP contribution in [0.25, 0.3) is 0 Å². The van der Waals surface area contributed by atoms with Crippen LogP contribution in [-0.4, -0.2) is 28.8 Å². The van der Waals surface area contributed by atoms with Crippen molar-refractivity contribution in [1.29, 1.82) is 0 Å². The molecule has 1 aromatic rings. The largest absolute Gasteiger partial charge is 0.343 e. The van der Waals surface area contributed by atoms with E-state index in [2.05, 4.69) is 5.32 Å². The Morgan fingerprint density at radius 3 is 2.67 bits per heavy atom. The lowest BCUT2D eigenvalue weighted by atomic mass is 9.96. The Morgan fingerprint density at radius 1 is 1.38 bits per heavy atom. The highest BCUT2D eigenvalue weighted by molar-refractivity contribution is 6.31. The lowest BCUT2D eigenvalue weighted by Crippen LogP contribution is -2.63. The maximum absolute atomic E-state index is 13.4. The molecule has 1 aliphatic rings. The first-order chi connectivity index (χ1) is 9.81. The second-order valence-corrected chi connectivity index (χ2v) is 6.03. The summed E-state index contributed by atoms with van der Waals surface area (Å²) in [6.45, 7) is 5.49. The molecule has 1 N–H and O–H groups in total. The smallest absolute Gasteiger partial charge is 0.245 e. The zero-order valence-corrected chi connectivity index (χ0v) is 12.9. The lowest BCUT2D eigenvalue weighted by Gasteiger charge is -2.40. The van der Waals surface area contributed by atoms with Gasteiger partial charge in [0.2, 0.25) is 11.8 Å². The molecule has 1 fully saturated rings. The third-order valence-corrected chi connectivity index (χ3v) is 3.97. The van der Waals surface area contributed by atoms with Gasteiger partial charge in [0.1, 0.15) is 17.9 Å². The molecular formula is C15H18ClFN2O2. The van der Waals surface area contributed by atoms with Gasteiger partial charge in [-0.2, -0.15) is 0 Å². The van der Waals surface area contributed by atoms with Crippen molar-refractivity contribution >= 4 is 23.4 Å². The molecule has 4 nitrogen and oxygen atoms in total. The Labute approximate surface area is 128 Å². The second kappa shape index (κ2) is 6.02. The number of rotatable bonds is 3. The van der Waals surface area contributed by atoms with Crippen LogP contribution in [0, 0.1) is 11.7 Å². The van der Waals surface area contributed by atoms with Crippen LogP contribution in [0.15, 0.2) is 18.2 Å². The molecule has 2 rings (SSSR count). The van der Waals surface area contributed by atoms with Gasteiger partial charge in [-0.15, -0.1) is 0 Å². The third-order valence-electron chi connectivity index (χ3n) is 3.60. The van der Waals surface area contributed by atoms with Crippen LogP contribution in [0.5, 0.6) is 0 Å². The molecule has 0 saturated carbocycles. The third kappa shape index (κ3) is 3.18. The summed E-state index contributed by atoms with van der Waals surface area (Å²) in [5.74, 6) is -0.843. The Bertz CT molecular complexity index is 577. The molecule has 1 aromatic carbocycles. The van der Waals surface area contributed by atoms with E-state index in [4.69, 9.17) is 11.6 Å².